The van der Waals surface area contributed by atoms with Crippen LogP contribution in [0.1, 0.15) is 25.5 Å². The minimum atomic E-state index is -3.38. The van der Waals surface area contributed by atoms with Crippen molar-refractivity contribution in [3.63, 3.8) is 0 Å². The first-order chi connectivity index (χ1) is 12.6. The predicted octanol–water partition coefficient (Wildman–Crippen LogP) is 1.13. The highest BCUT2D eigenvalue weighted by molar-refractivity contribution is 14.0. The van der Waals surface area contributed by atoms with Crippen molar-refractivity contribution < 1.29 is 17.7 Å². The third-order valence-corrected chi connectivity index (χ3v) is 5.98. The summed E-state index contributed by atoms with van der Waals surface area (Å²) < 4.78 is 36.5. The zero-order chi connectivity index (χ0) is 18.8. The first-order valence-corrected chi connectivity index (χ1v) is 10.6. The van der Waals surface area contributed by atoms with E-state index in [2.05, 4.69) is 20.4 Å². The second kappa shape index (κ2) is 12.5. The molecule has 1 saturated heterocycles. The van der Waals surface area contributed by atoms with Gasteiger partial charge in [0.05, 0.1) is 5.69 Å². The van der Waals surface area contributed by atoms with E-state index in [9.17, 15) is 8.42 Å². The summed E-state index contributed by atoms with van der Waals surface area (Å²) in [4.78, 5) is 6.39. The molecule has 0 aromatic carbocycles. The molecular weight excluding hydrogens is 485 g/mol. The van der Waals surface area contributed by atoms with Gasteiger partial charge in [-0.1, -0.05) is 5.16 Å². The number of nitrogens with zero attached hydrogens (tertiary/aromatic N) is 4. The fourth-order valence-corrected chi connectivity index (χ4v) is 4.20. The lowest BCUT2D eigenvalue weighted by molar-refractivity contribution is 0.143. The number of aromatic nitrogens is 1. The van der Waals surface area contributed by atoms with Crippen LogP contribution in [0.5, 0.6) is 0 Å². The van der Waals surface area contributed by atoms with Crippen LogP contribution in [0.3, 0.4) is 0 Å². The molecule has 1 aromatic heterocycles. The number of aliphatic imine (C=N–C) groups is 1. The van der Waals surface area contributed by atoms with Gasteiger partial charge in [0.2, 0.25) is 10.0 Å². The lowest BCUT2D eigenvalue weighted by Gasteiger charge is -2.35. The van der Waals surface area contributed by atoms with Crippen molar-refractivity contribution in [1.82, 2.24) is 19.7 Å². The highest BCUT2D eigenvalue weighted by Crippen LogP contribution is 2.12. The van der Waals surface area contributed by atoms with Crippen LogP contribution in [0.15, 0.2) is 21.8 Å². The molecule has 11 heteroatoms. The van der Waals surface area contributed by atoms with Crippen LogP contribution >= 0.6 is 24.0 Å². The molecule has 2 rings (SSSR count). The number of guanidine groups is 1. The standard InChI is InChI=1S/C16H29N5O4S.HI/c1-3-24-12-5-4-7-18-16(17-2)20-8-10-21(11-9-20)26(22,23)14-15-6-13-25-19-15;/h6,13H,3-5,7-12,14H2,1-2H3,(H,17,18);1H. The Bertz CT molecular complexity index is 646. The number of nitrogens with one attached hydrogen (secondary N) is 1. The van der Waals surface area contributed by atoms with Gasteiger partial charge < -0.3 is 19.5 Å². The number of rotatable bonds is 9. The maximum absolute atomic E-state index is 12.5. The fraction of sp³-hybridized carbons (Fsp3) is 0.750. The number of ether oxygens (including phenoxy) is 1. The Morgan fingerprint density at radius 1 is 1.33 bits per heavy atom. The van der Waals surface area contributed by atoms with Gasteiger partial charge in [-0.2, -0.15) is 4.31 Å². The zero-order valence-electron chi connectivity index (χ0n) is 16.0. The van der Waals surface area contributed by atoms with Crippen LogP contribution in [0, 0.1) is 0 Å². The molecule has 0 amide bonds. The molecule has 1 fully saturated rings. The van der Waals surface area contributed by atoms with E-state index in [1.54, 1.807) is 13.1 Å². The molecule has 1 aromatic rings. The van der Waals surface area contributed by atoms with E-state index in [-0.39, 0.29) is 29.7 Å². The van der Waals surface area contributed by atoms with Crippen LogP contribution in [-0.2, 0) is 20.5 Å². The molecule has 156 valence electrons. The predicted molar refractivity (Wildman–Crippen MR) is 115 cm³/mol. The van der Waals surface area contributed by atoms with E-state index in [0.717, 1.165) is 38.6 Å². The van der Waals surface area contributed by atoms with Crippen molar-refractivity contribution >= 4 is 40.0 Å². The van der Waals surface area contributed by atoms with Crippen LogP contribution in [0.4, 0.5) is 0 Å². The smallest absolute Gasteiger partial charge is 0.220 e. The summed E-state index contributed by atoms with van der Waals surface area (Å²) in [6, 6.07) is 1.57. The van der Waals surface area contributed by atoms with Crippen molar-refractivity contribution in [3.05, 3.63) is 18.0 Å². The monoisotopic (exact) mass is 515 g/mol. The lowest BCUT2D eigenvalue weighted by Crippen LogP contribution is -2.54. The summed E-state index contributed by atoms with van der Waals surface area (Å²) in [7, 11) is -1.64. The Balaban J connectivity index is 0.00000364. The number of hydrogen-bond donors (Lipinski definition) is 1. The summed E-state index contributed by atoms with van der Waals surface area (Å²) in [5.74, 6) is 0.686. The van der Waals surface area contributed by atoms with Gasteiger partial charge in [0.1, 0.15) is 12.0 Å². The highest BCUT2D eigenvalue weighted by atomic mass is 127. The van der Waals surface area contributed by atoms with Crippen LogP contribution in [-0.4, -0.2) is 81.7 Å². The zero-order valence-corrected chi connectivity index (χ0v) is 19.1. The van der Waals surface area contributed by atoms with Gasteiger partial charge in [-0.3, -0.25) is 4.99 Å². The number of piperazine rings is 1. The molecule has 0 spiro atoms. The third-order valence-electron chi connectivity index (χ3n) is 4.17. The molecular formula is C16H30IN5O4S. The number of hydrogen-bond acceptors (Lipinski definition) is 6. The van der Waals surface area contributed by atoms with Crippen molar-refractivity contribution in [3.8, 4) is 0 Å². The topological polar surface area (TPSA) is 100 Å². The highest BCUT2D eigenvalue weighted by Gasteiger charge is 2.28. The second-order valence-electron chi connectivity index (χ2n) is 6.01. The molecule has 0 atom stereocenters. The minimum absolute atomic E-state index is 0. The molecule has 9 nitrogen and oxygen atoms in total. The second-order valence-corrected chi connectivity index (χ2v) is 7.98. The number of unbranched alkanes of at least 4 members (excludes halogenated alkanes) is 1. The van der Waals surface area contributed by atoms with E-state index in [1.165, 1.54) is 10.6 Å². The van der Waals surface area contributed by atoms with Gasteiger partial charge in [-0.25, -0.2) is 8.42 Å². The maximum atomic E-state index is 12.5. The summed E-state index contributed by atoms with van der Waals surface area (Å²) in [5.41, 5.74) is 0.428. The summed E-state index contributed by atoms with van der Waals surface area (Å²) >= 11 is 0. The average Bonchev–Trinajstić information content (AvgIpc) is 3.14. The molecule has 0 unspecified atom stereocenters. The van der Waals surface area contributed by atoms with Gasteiger partial charge in [0.25, 0.3) is 0 Å². The van der Waals surface area contributed by atoms with E-state index < -0.39 is 10.0 Å². The lowest BCUT2D eigenvalue weighted by atomic mass is 10.3. The van der Waals surface area contributed by atoms with Crippen LogP contribution in [0.25, 0.3) is 0 Å². The largest absolute Gasteiger partial charge is 0.382 e. The van der Waals surface area contributed by atoms with Gasteiger partial charge in [-0.15, -0.1) is 24.0 Å². The van der Waals surface area contributed by atoms with E-state index in [0.29, 0.717) is 31.9 Å². The Morgan fingerprint density at radius 2 is 2.07 bits per heavy atom. The summed E-state index contributed by atoms with van der Waals surface area (Å²) in [5, 5.41) is 7.02. The van der Waals surface area contributed by atoms with Crippen molar-refractivity contribution in [2.75, 3.05) is 53.0 Å². The summed E-state index contributed by atoms with van der Waals surface area (Å²) in [6.07, 6.45) is 3.39. The molecule has 0 radical (unpaired) electrons. The molecule has 1 aliphatic heterocycles. The molecule has 0 saturated carbocycles. The van der Waals surface area contributed by atoms with Gasteiger partial charge in [-0.05, 0) is 19.8 Å². The Labute approximate surface area is 178 Å². The molecule has 0 bridgehead atoms. The fourth-order valence-electron chi connectivity index (χ4n) is 2.77. The van der Waals surface area contributed by atoms with E-state index in [1.807, 2.05) is 6.92 Å². The van der Waals surface area contributed by atoms with Crippen LogP contribution < -0.4 is 5.32 Å². The SMILES string of the molecule is CCOCCCCNC(=NC)N1CCN(S(=O)(=O)Cc2ccon2)CC1.I. The first kappa shape index (κ1) is 24.1. The normalized spacial score (nSPS) is 16.2. The Hall–Kier alpha value is -0.920. The molecule has 1 N–H and O–H groups in total. The van der Waals surface area contributed by atoms with Crippen molar-refractivity contribution in [2.24, 2.45) is 4.99 Å². The molecule has 1 aliphatic rings. The Kier molecular flexibility index (Phi) is 11.2. The van der Waals surface area contributed by atoms with Gasteiger partial charge in [0.15, 0.2) is 5.96 Å². The van der Waals surface area contributed by atoms with Gasteiger partial charge >= 0.3 is 0 Å². The quantitative estimate of drug-likeness (QED) is 0.228. The maximum Gasteiger partial charge on any atom is 0.220 e. The van der Waals surface area contributed by atoms with Crippen molar-refractivity contribution in [2.45, 2.75) is 25.5 Å². The molecule has 27 heavy (non-hydrogen) atoms. The van der Waals surface area contributed by atoms with E-state index >= 15 is 0 Å². The van der Waals surface area contributed by atoms with Gasteiger partial charge in [0, 0.05) is 59.1 Å². The van der Waals surface area contributed by atoms with Crippen molar-refractivity contribution in [1.29, 1.82) is 0 Å². The Morgan fingerprint density at radius 3 is 2.67 bits per heavy atom. The number of sulfonamides is 1. The molecule has 0 aliphatic carbocycles. The third kappa shape index (κ3) is 7.92. The first-order valence-electron chi connectivity index (χ1n) is 8.97. The number of halogens is 1. The summed E-state index contributed by atoms with van der Waals surface area (Å²) in [6.45, 7) is 6.43. The average molecular weight is 515 g/mol. The van der Waals surface area contributed by atoms with Crippen LogP contribution in [0.2, 0.25) is 0 Å². The van der Waals surface area contributed by atoms with E-state index in [4.69, 9.17) is 9.26 Å². The minimum Gasteiger partial charge on any atom is -0.382 e. The molecule has 2 heterocycles.